The maximum Gasteiger partial charge on any atom is 0.0707 e. The van der Waals surface area contributed by atoms with Crippen LogP contribution in [0.5, 0.6) is 0 Å². The van der Waals surface area contributed by atoms with Gasteiger partial charge < -0.3 is 19.3 Å². The number of hydrogen-bond acceptors (Lipinski definition) is 4. The molecule has 0 heterocycles. The molecule has 4 nitrogen and oxygen atoms in total. The van der Waals surface area contributed by atoms with E-state index in [2.05, 4.69) is 13.8 Å². The van der Waals surface area contributed by atoms with Crippen LogP contribution >= 0.6 is 0 Å². The number of rotatable bonds is 11. The predicted octanol–water partition coefficient (Wildman–Crippen LogP) is 2.00. The van der Waals surface area contributed by atoms with Gasteiger partial charge in [0, 0.05) is 19.8 Å². The number of aliphatic hydroxyl groups is 1. The summed E-state index contributed by atoms with van der Waals surface area (Å²) in [6.45, 7) is 10.9. The lowest BCUT2D eigenvalue weighted by Gasteiger charge is -2.26. The molecule has 0 aromatic heterocycles. The Morgan fingerprint density at radius 3 is 2.47 bits per heavy atom. The summed E-state index contributed by atoms with van der Waals surface area (Å²) in [6, 6.07) is 0. The van der Waals surface area contributed by atoms with Crippen LogP contribution in [0.15, 0.2) is 0 Å². The summed E-state index contributed by atoms with van der Waals surface area (Å²) >= 11 is 0. The average Bonchev–Trinajstić information content (AvgIpc) is 2.24. The molecular weight excluding hydrogens is 220 g/mol. The van der Waals surface area contributed by atoms with Crippen LogP contribution in [-0.4, -0.2) is 49.8 Å². The third kappa shape index (κ3) is 10.7. The lowest BCUT2D eigenvalue weighted by atomic mass is 10.1. The molecule has 0 aromatic carbocycles. The summed E-state index contributed by atoms with van der Waals surface area (Å²) in [5, 5.41) is 8.74. The molecule has 0 aliphatic rings. The number of aliphatic hydroxyl groups excluding tert-OH is 1. The van der Waals surface area contributed by atoms with Gasteiger partial charge in [0.15, 0.2) is 0 Å². The van der Waals surface area contributed by atoms with Crippen LogP contribution in [0.3, 0.4) is 0 Å². The van der Waals surface area contributed by atoms with Gasteiger partial charge in [-0.2, -0.15) is 0 Å². The summed E-state index contributed by atoms with van der Waals surface area (Å²) in [6.07, 6.45) is 1.64. The van der Waals surface area contributed by atoms with Gasteiger partial charge >= 0.3 is 0 Å². The topological polar surface area (TPSA) is 47.9 Å². The van der Waals surface area contributed by atoms with E-state index in [-0.39, 0.29) is 18.3 Å². The molecule has 0 spiro atoms. The predicted molar refractivity (Wildman–Crippen MR) is 68.3 cm³/mol. The molecule has 17 heavy (non-hydrogen) atoms. The molecule has 104 valence electrons. The number of hydrogen-bond donors (Lipinski definition) is 1. The summed E-state index contributed by atoms with van der Waals surface area (Å²) in [5.74, 6) is 0. The first-order chi connectivity index (χ1) is 8.02. The molecule has 4 heteroatoms. The van der Waals surface area contributed by atoms with Crippen LogP contribution in [0.2, 0.25) is 0 Å². The molecule has 1 unspecified atom stereocenters. The smallest absolute Gasteiger partial charge is 0.0707 e. The Balaban J connectivity index is 3.55. The first kappa shape index (κ1) is 16.8. The normalized spacial score (nSPS) is 13.9. The zero-order valence-corrected chi connectivity index (χ0v) is 11.7. The Bertz CT molecular complexity index is 171. The Kier molecular flexibility index (Phi) is 9.74. The molecular formula is C13H28O4. The Labute approximate surface area is 105 Å². The van der Waals surface area contributed by atoms with E-state index in [0.29, 0.717) is 26.2 Å². The van der Waals surface area contributed by atoms with Gasteiger partial charge in [0.1, 0.15) is 0 Å². The van der Waals surface area contributed by atoms with E-state index in [4.69, 9.17) is 19.3 Å². The van der Waals surface area contributed by atoms with Gasteiger partial charge in [0.25, 0.3) is 0 Å². The van der Waals surface area contributed by atoms with Crippen molar-refractivity contribution in [3.05, 3.63) is 0 Å². The van der Waals surface area contributed by atoms with E-state index < -0.39 is 0 Å². The zero-order chi connectivity index (χ0) is 13.1. The third-order valence-electron chi connectivity index (χ3n) is 2.57. The van der Waals surface area contributed by atoms with Gasteiger partial charge in [0.05, 0.1) is 24.9 Å². The molecule has 0 amide bonds. The minimum absolute atomic E-state index is 0.110. The van der Waals surface area contributed by atoms with Crippen molar-refractivity contribution in [1.29, 1.82) is 0 Å². The van der Waals surface area contributed by atoms with E-state index in [1.54, 1.807) is 0 Å². The molecule has 0 saturated heterocycles. The second-order valence-corrected chi connectivity index (χ2v) is 4.75. The molecule has 0 bridgehead atoms. The Morgan fingerprint density at radius 1 is 1.18 bits per heavy atom. The lowest BCUT2D eigenvalue weighted by Crippen LogP contribution is -2.29. The largest absolute Gasteiger partial charge is 0.396 e. The van der Waals surface area contributed by atoms with Crippen molar-refractivity contribution in [2.45, 2.75) is 52.2 Å². The van der Waals surface area contributed by atoms with Gasteiger partial charge in [-0.15, -0.1) is 0 Å². The van der Waals surface area contributed by atoms with Gasteiger partial charge in [-0.3, -0.25) is 0 Å². The fourth-order valence-corrected chi connectivity index (χ4v) is 1.36. The van der Waals surface area contributed by atoms with Crippen molar-refractivity contribution in [2.75, 3.05) is 33.0 Å². The molecule has 0 aliphatic carbocycles. The summed E-state index contributed by atoms with van der Waals surface area (Å²) in [4.78, 5) is 0. The van der Waals surface area contributed by atoms with Crippen LogP contribution in [0.1, 0.15) is 40.5 Å². The molecule has 1 N–H and O–H groups in total. The van der Waals surface area contributed by atoms with Crippen LogP contribution in [0.4, 0.5) is 0 Å². The standard InChI is InChI=1S/C13H28O4/c1-5-15-10-11-17-13(3,4)7-9-16-12(2)6-8-14/h12,14H,5-11H2,1-4H3. The zero-order valence-electron chi connectivity index (χ0n) is 11.7. The first-order valence-electron chi connectivity index (χ1n) is 6.46. The van der Waals surface area contributed by atoms with Crippen molar-refractivity contribution >= 4 is 0 Å². The molecule has 0 fully saturated rings. The maximum atomic E-state index is 8.74. The van der Waals surface area contributed by atoms with Crippen LogP contribution in [0, 0.1) is 0 Å². The maximum absolute atomic E-state index is 8.74. The molecule has 0 aliphatic heterocycles. The highest BCUT2D eigenvalue weighted by Crippen LogP contribution is 2.15. The fraction of sp³-hybridized carbons (Fsp3) is 1.00. The molecule has 0 aromatic rings. The van der Waals surface area contributed by atoms with E-state index in [9.17, 15) is 0 Å². The van der Waals surface area contributed by atoms with Crippen molar-refractivity contribution in [3.63, 3.8) is 0 Å². The second kappa shape index (κ2) is 9.83. The average molecular weight is 248 g/mol. The lowest BCUT2D eigenvalue weighted by molar-refractivity contribution is -0.0677. The van der Waals surface area contributed by atoms with Gasteiger partial charge in [-0.25, -0.2) is 0 Å². The van der Waals surface area contributed by atoms with Crippen LogP contribution in [0.25, 0.3) is 0 Å². The van der Waals surface area contributed by atoms with Crippen molar-refractivity contribution < 1.29 is 19.3 Å². The molecule has 1 atom stereocenters. The third-order valence-corrected chi connectivity index (χ3v) is 2.57. The Morgan fingerprint density at radius 2 is 1.88 bits per heavy atom. The monoisotopic (exact) mass is 248 g/mol. The second-order valence-electron chi connectivity index (χ2n) is 4.75. The van der Waals surface area contributed by atoms with Crippen LogP contribution in [-0.2, 0) is 14.2 Å². The summed E-state index contributed by atoms with van der Waals surface area (Å²) in [5.41, 5.74) is -0.184. The summed E-state index contributed by atoms with van der Waals surface area (Å²) < 4.78 is 16.5. The molecule has 0 rings (SSSR count). The van der Waals surface area contributed by atoms with Gasteiger partial charge in [0.2, 0.25) is 0 Å². The minimum Gasteiger partial charge on any atom is -0.396 e. The quantitative estimate of drug-likeness (QED) is 0.568. The molecule has 0 saturated carbocycles. The highest BCUT2D eigenvalue weighted by molar-refractivity contribution is 4.68. The first-order valence-corrected chi connectivity index (χ1v) is 6.46. The highest BCUT2D eigenvalue weighted by atomic mass is 16.5. The van der Waals surface area contributed by atoms with Crippen LogP contribution < -0.4 is 0 Å². The fourth-order valence-electron chi connectivity index (χ4n) is 1.36. The SMILES string of the molecule is CCOCCOC(C)(C)CCOC(C)CCO. The Hall–Kier alpha value is -0.160. The van der Waals surface area contributed by atoms with Crippen molar-refractivity contribution in [1.82, 2.24) is 0 Å². The van der Waals surface area contributed by atoms with Gasteiger partial charge in [-0.05, 0) is 40.5 Å². The molecule has 0 radical (unpaired) electrons. The number of ether oxygens (including phenoxy) is 3. The van der Waals surface area contributed by atoms with Gasteiger partial charge in [-0.1, -0.05) is 0 Å². The van der Waals surface area contributed by atoms with E-state index >= 15 is 0 Å². The van der Waals surface area contributed by atoms with Crippen molar-refractivity contribution in [3.8, 4) is 0 Å². The van der Waals surface area contributed by atoms with E-state index in [0.717, 1.165) is 13.0 Å². The van der Waals surface area contributed by atoms with Crippen molar-refractivity contribution in [2.24, 2.45) is 0 Å². The van der Waals surface area contributed by atoms with E-state index in [1.165, 1.54) is 0 Å². The summed E-state index contributed by atoms with van der Waals surface area (Å²) in [7, 11) is 0. The highest BCUT2D eigenvalue weighted by Gasteiger charge is 2.18. The van der Waals surface area contributed by atoms with E-state index in [1.807, 2.05) is 13.8 Å². The minimum atomic E-state index is -0.184.